The van der Waals surface area contributed by atoms with Gasteiger partial charge in [0.05, 0.1) is 6.61 Å². The Labute approximate surface area is 119 Å². The minimum absolute atomic E-state index is 0.126. The summed E-state index contributed by atoms with van der Waals surface area (Å²) in [4.78, 5) is 28.7. The van der Waals surface area contributed by atoms with Crippen molar-refractivity contribution in [2.75, 3.05) is 11.0 Å². The second-order valence-electron chi connectivity index (χ2n) is 4.30. The average Bonchev–Trinajstić information content (AvgIpc) is 2.40. The number of carbonyl (C=O) groups excluding carboxylic acids is 2. The minimum atomic E-state index is -1.01. The van der Waals surface area contributed by atoms with Crippen LogP contribution >= 0.6 is 22.6 Å². The fourth-order valence-corrected chi connectivity index (χ4v) is 3.25. The quantitative estimate of drug-likeness (QED) is 0.359. The summed E-state index contributed by atoms with van der Waals surface area (Å²) in [7, 11) is 0. The molecule has 1 unspecified atom stereocenters. The Morgan fingerprint density at radius 3 is 3.06 bits per heavy atom. The summed E-state index contributed by atoms with van der Waals surface area (Å²) in [5.41, 5.74) is 0.526. The number of alkyl halides is 1. The van der Waals surface area contributed by atoms with E-state index in [1.807, 2.05) is 0 Å². The molecule has 0 spiro atoms. The van der Waals surface area contributed by atoms with Gasteiger partial charge in [-0.05, 0) is 31.4 Å². The van der Waals surface area contributed by atoms with E-state index in [-0.39, 0.29) is 5.78 Å². The van der Waals surface area contributed by atoms with E-state index in [0.29, 0.717) is 29.4 Å². The second kappa shape index (κ2) is 5.34. The van der Waals surface area contributed by atoms with Crippen molar-refractivity contribution in [2.24, 2.45) is 5.41 Å². The van der Waals surface area contributed by atoms with Gasteiger partial charge in [-0.15, -0.1) is 0 Å². The molecule has 0 radical (unpaired) electrons. The number of fused-ring (bicyclic) bond motifs is 1. The van der Waals surface area contributed by atoms with E-state index in [0.717, 1.165) is 5.56 Å². The lowest BCUT2D eigenvalue weighted by molar-refractivity contribution is -0.151. The molecular weight excluding hydrogens is 345 g/mol. The van der Waals surface area contributed by atoms with Gasteiger partial charge in [0, 0.05) is 22.4 Å². The van der Waals surface area contributed by atoms with Gasteiger partial charge in [0.15, 0.2) is 5.78 Å². The predicted molar refractivity (Wildman–Crippen MR) is 74.8 cm³/mol. The Kier molecular flexibility index (Phi) is 3.99. The fraction of sp³-hybridized carbons (Fsp3) is 0.462. The summed E-state index contributed by atoms with van der Waals surface area (Å²) in [6.07, 6.45) is 4.49. The Morgan fingerprint density at radius 2 is 2.39 bits per heavy atom. The molecule has 1 aliphatic carbocycles. The van der Waals surface area contributed by atoms with E-state index in [1.54, 1.807) is 25.4 Å². The van der Waals surface area contributed by atoms with Crippen LogP contribution in [0.25, 0.3) is 0 Å². The first-order valence-corrected chi connectivity index (χ1v) is 7.39. The van der Waals surface area contributed by atoms with Crippen LogP contribution in [-0.2, 0) is 16.0 Å². The molecule has 96 valence electrons. The molecule has 0 saturated heterocycles. The summed E-state index contributed by atoms with van der Waals surface area (Å²) < 4.78 is 5.53. The third-order valence-electron chi connectivity index (χ3n) is 3.30. The molecule has 5 heteroatoms. The number of nitrogens with zero attached hydrogens (tertiary/aromatic N) is 1. The van der Waals surface area contributed by atoms with E-state index in [1.165, 1.54) is 0 Å². The number of halogens is 1. The Morgan fingerprint density at radius 1 is 1.61 bits per heavy atom. The zero-order valence-electron chi connectivity index (χ0n) is 10.1. The lowest BCUT2D eigenvalue weighted by Crippen LogP contribution is -2.45. The van der Waals surface area contributed by atoms with Gasteiger partial charge in [0.25, 0.3) is 0 Å². The van der Waals surface area contributed by atoms with Gasteiger partial charge in [-0.25, -0.2) is 0 Å². The molecular formula is C13H14INO3. The highest BCUT2D eigenvalue weighted by Crippen LogP contribution is 2.38. The molecule has 2 rings (SSSR count). The number of Topliss-reactive ketones (excluding diaryl/α,β-unsaturated/α-hetero) is 1. The molecule has 1 aromatic rings. The molecule has 1 atom stereocenters. The van der Waals surface area contributed by atoms with Crippen molar-refractivity contribution in [3.05, 3.63) is 29.6 Å². The zero-order chi connectivity index (χ0) is 13.2. The van der Waals surface area contributed by atoms with Gasteiger partial charge in [-0.2, -0.15) is 0 Å². The molecule has 4 nitrogen and oxygen atoms in total. The number of hydrogen-bond acceptors (Lipinski definition) is 4. The number of ether oxygens (including phenoxy) is 1. The molecule has 0 aromatic carbocycles. The average molecular weight is 359 g/mol. The van der Waals surface area contributed by atoms with E-state index in [4.69, 9.17) is 4.74 Å². The normalized spacial score (nSPS) is 22.4. The van der Waals surface area contributed by atoms with Crippen LogP contribution in [0.15, 0.2) is 18.5 Å². The fourth-order valence-electron chi connectivity index (χ4n) is 2.21. The zero-order valence-corrected chi connectivity index (χ0v) is 12.3. The summed E-state index contributed by atoms with van der Waals surface area (Å²) in [6.45, 7) is 2.05. The molecule has 0 fully saturated rings. The van der Waals surface area contributed by atoms with Gasteiger partial charge < -0.3 is 4.74 Å². The maximum Gasteiger partial charge on any atom is 0.320 e. The first-order chi connectivity index (χ1) is 8.65. The number of rotatable bonds is 3. The Balaban J connectivity index is 2.42. The molecule has 0 N–H and O–H groups in total. The summed E-state index contributed by atoms with van der Waals surface area (Å²) in [5, 5.41) is 0. The maximum atomic E-state index is 12.6. The van der Waals surface area contributed by atoms with Crippen molar-refractivity contribution in [2.45, 2.75) is 19.8 Å². The van der Waals surface area contributed by atoms with Gasteiger partial charge in [0.2, 0.25) is 0 Å². The third-order valence-corrected chi connectivity index (χ3v) is 4.60. The number of hydrogen-bond donors (Lipinski definition) is 0. The van der Waals surface area contributed by atoms with E-state index >= 15 is 0 Å². The maximum absolute atomic E-state index is 12.6. The largest absolute Gasteiger partial charge is 0.465 e. The van der Waals surface area contributed by atoms with Crippen LogP contribution < -0.4 is 0 Å². The van der Waals surface area contributed by atoms with E-state index in [2.05, 4.69) is 27.6 Å². The molecule has 1 aromatic heterocycles. The highest BCUT2D eigenvalue weighted by atomic mass is 127. The minimum Gasteiger partial charge on any atom is -0.465 e. The third kappa shape index (κ3) is 2.04. The number of ketones is 1. The Bertz CT molecular complexity index is 489. The number of esters is 1. The smallest absolute Gasteiger partial charge is 0.320 e. The van der Waals surface area contributed by atoms with Crippen LogP contribution in [0.5, 0.6) is 0 Å². The molecule has 18 heavy (non-hydrogen) atoms. The summed E-state index contributed by atoms with van der Waals surface area (Å²) in [6, 6.07) is 1.69. The van der Waals surface area contributed by atoms with Crippen molar-refractivity contribution in [3.8, 4) is 0 Å². The van der Waals surface area contributed by atoms with Crippen LogP contribution in [0.3, 0.4) is 0 Å². The number of aromatic nitrogens is 1. The Hall–Kier alpha value is -0.980. The lowest BCUT2D eigenvalue weighted by atomic mass is 9.72. The highest BCUT2D eigenvalue weighted by molar-refractivity contribution is 14.1. The monoisotopic (exact) mass is 359 g/mol. The highest BCUT2D eigenvalue weighted by Gasteiger charge is 2.49. The number of pyridine rings is 1. The molecule has 0 bridgehead atoms. The van der Waals surface area contributed by atoms with Gasteiger partial charge in [0.1, 0.15) is 5.41 Å². The van der Waals surface area contributed by atoms with Gasteiger partial charge in [-0.3, -0.25) is 14.6 Å². The lowest BCUT2D eigenvalue weighted by Gasteiger charge is -2.32. The van der Waals surface area contributed by atoms with Crippen molar-refractivity contribution < 1.29 is 14.3 Å². The SMILES string of the molecule is CCOC(=O)C1(CI)CCc2cnccc2C1=O. The molecule has 1 heterocycles. The molecule has 0 amide bonds. The first-order valence-electron chi connectivity index (χ1n) is 5.86. The van der Waals surface area contributed by atoms with Crippen LogP contribution in [-0.4, -0.2) is 27.8 Å². The second-order valence-corrected chi connectivity index (χ2v) is 5.06. The van der Waals surface area contributed by atoms with Crippen molar-refractivity contribution in [1.82, 2.24) is 4.98 Å². The van der Waals surface area contributed by atoms with Crippen molar-refractivity contribution in [3.63, 3.8) is 0 Å². The summed E-state index contributed by atoms with van der Waals surface area (Å²) in [5.74, 6) is -0.522. The van der Waals surface area contributed by atoms with Crippen molar-refractivity contribution >= 4 is 34.3 Å². The standard InChI is InChI=1S/C13H14INO3/c1-2-18-12(17)13(8-14)5-3-9-7-15-6-4-10(9)11(13)16/h4,6-7H,2-3,5,8H2,1H3. The number of carbonyl (C=O) groups is 2. The van der Waals surface area contributed by atoms with E-state index in [9.17, 15) is 9.59 Å². The predicted octanol–water partition coefficient (Wildman–Crippen LogP) is 2.20. The molecule has 0 saturated carbocycles. The molecule has 1 aliphatic rings. The van der Waals surface area contributed by atoms with Crippen LogP contribution in [0.1, 0.15) is 29.3 Å². The summed E-state index contributed by atoms with van der Waals surface area (Å²) >= 11 is 2.09. The van der Waals surface area contributed by atoms with Crippen LogP contribution in [0.4, 0.5) is 0 Å². The number of aryl methyl sites for hydroxylation is 1. The topological polar surface area (TPSA) is 56.3 Å². The molecule has 0 aliphatic heterocycles. The van der Waals surface area contributed by atoms with Gasteiger partial charge in [-0.1, -0.05) is 22.6 Å². The first kappa shape index (κ1) is 13.5. The van der Waals surface area contributed by atoms with Crippen LogP contribution in [0, 0.1) is 5.41 Å². The van der Waals surface area contributed by atoms with Gasteiger partial charge >= 0.3 is 5.97 Å². The van der Waals surface area contributed by atoms with Crippen molar-refractivity contribution in [1.29, 1.82) is 0 Å². The van der Waals surface area contributed by atoms with Crippen LogP contribution in [0.2, 0.25) is 0 Å². The van der Waals surface area contributed by atoms with E-state index < -0.39 is 11.4 Å².